The highest BCUT2D eigenvalue weighted by Crippen LogP contribution is 2.25. The Bertz CT molecular complexity index is 856. The number of hydrogen-bond donors (Lipinski definition) is 1. The summed E-state index contributed by atoms with van der Waals surface area (Å²) in [6, 6.07) is 8.93. The van der Waals surface area contributed by atoms with E-state index in [1.807, 2.05) is 0 Å². The second kappa shape index (κ2) is 8.06. The molecule has 8 nitrogen and oxygen atoms in total. The van der Waals surface area contributed by atoms with Crippen molar-refractivity contribution in [2.75, 3.05) is 26.0 Å². The maximum Gasteiger partial charge on any atom is 0.270 e. The average Bonchev–Trinajstić information content (AvgIpc) is 2.60. The lowest BCUT2D eigenvalue weighted by molar-refractivity contribution is -0.384. The second-order valence-corrected chi connectivity index (χ2v) is 5.36. The largest absolute Gasteiger partial charge is 0.496 e. The first-order chi connectivity index (χ1) is 12.3. The van der Waals surface area contributed by atoms with E-state index in [0.29, 0.717) is 0 Å². The summed E-state index contributed by atoms with van der Waals surface area (Å²) in [5.41, 5.74) is -0.0571. The fraction of sp³-hybridized carbons (Fsp3) is 0.176. The standard InChI is InChI=1S/C17H16FN3O5/c1-20(10-16(22)19-12-5-3-4-11(18)8-12)17(23)14-9-13(21(24)25)6-7-15(14)26-2/h3-9H,10H2,1-2H3,(H,19,22). The van der Waals surface area contributed by atoms with Gasteiger partial charge in [0.05, 0.1) is 24.1 Å². The summed E-state index contributed by atoms with van der Waals surface area (Å²) in [5, 5.41) is 13.4. The van der Waals surface area contributed by atoms with E-state index in [1.54, 1.807) is 0 Å². The molecule has 0 aromatic heterocycles. The van der Waals surface area contributed by atoms with Gasteiger partial charge in [-0.05, 0) is 24.3 Å². The number of nitro groups is 1. The van der Waals surface area contributed by atoms with E-state index in [-0.39, 0.29) is 29.2 Å². The maximum atomic E-state index is 13.1. The highest BCUT2D eigenvalue weighted by Gasteiger charge is 2.22. The molecule has 0 aliphatic rings. The molecule has 1 N–H and O–H groups in total. The SMILES string of the molecule is COc1ccc([N+](=O)[O-])cc1C(=O)N(C)CC(=O)Nc1cccc(F)c1. The number of likely N-dealkylation sites (N-methyl/N-ethyl adjacent to an activating group) is 1. The Labute approximate surface area is 148 Å². The van der Waals surface area contributed by atoms with Gasteiger partial charge in [-0.2, -0.15) is 0 Å². The third-order valence-electron chi connectivity index (χ3n) is 3.46. The van der Waals surface area contributed by atoms with Gasteiger partial charge in [-0.15, -0.1) is 0 Å². The molecule has 0 aliphatic heterocycles. The first kappa shape index (κ1) is 18.8. The van der Waals surface area contributed by atoms with Crippen LogP contribution >= 0.6 is 0 Å². The van der Waals surface area contributed by atoms with Gasteiger partial charge in [0.1, 0.15) is 11.6 Å². The molecule has 0 saturated carbocycles. The molecule has 0 spiro atoms. The van der Waals surface area contributed by atoms with Crippen LogP contribution in [0.2, 0.25) is 0 Å². The molecule has 0 fully saturated rings. The zero-order valence-corrected chi connectivity index (χ0v) is 14.1. The Balaban J connectivity index is 2.12. The van der Waals surface area contributed by atoms with Gasteiger partial charge in [0.2, 0.25) is 5.91 Å². The lowest BCUT2D eigenvalue weighted by Crippen LogP contribution is -2.35. The van der Waals surface area contributed by atoms with Gasteiger partial charge in [-0.3, -0.25) is 19.7 Å². The molecule has 0 atom stereocenters. The molecule has 0 heterocycles. The van der Waals surface area contributed by atoms with Crippen molar-refractivity contribution in [2.24, 2.45) is 0 Å². The first-order valence-electron chi connectivity index (χ1n) is 7.45. The quantitative estimate of drug-likeness (QED) is 0.629. The van der Waals surface area contributed by atoms with E-state index in [1.165, 1.54) is 44.5 Å². The minimum absolute atomic E-state index is 0.0391. The van der Waals surface area contributed by atoms with Gasteiger partial charge < -0.3 is 15.0 Å². The number of nitrogens with one attached hydrogen (secondary N) is 1. The van der Waals surface area contributed by atoms with Crippen LogP contribution in [0.15, 0.2) is 42.5 Å². The number of nitro benzene ring substituents is 1. The van der Waals surface area contributed by atoms with Crippen LogP contribution in [-0.2, 0) is 4.79 Å². The molecule has 2 aromatic carbocycles. The van der Waals surface area contributed by atoms with Gasteiger partial charge in [0.25, 0.3) is 11.6 Å². The number of non-ortho nitro benzene ring substituents is 1. The molecule has 0 unspecified atom stereocenters. The van der Waals surface area contributed by atoms with Gasteiger partial charge in [0.15, 0.2) is 0 Å². The number of carbonyl (C=O) groups is 2. The monoisotopic (exact) mass is 361 g/mol. The average molecular weight is 361 g/mol. The number of carbonyl (C=O) groups excluding carboxylic acids is 2. The van der Waals surface area contributed by atoms with Gasteiger partial charge in [-0.1, -0.05) is 6.07 Å². The van der Waals surface area contributed by atoms with E-state index in [2.05, 4.69) is 5.32 Å². The Morgan fingerprint density at radius 1 is 1.27 bits per heavy atom. The summed E-state index contributed by atoms with van der Waals surface area (Å²) in [4.78, 5) is 35.9. The van der Waals surface area contributed by atoms with E-state index in [4.69, 9.17) is 4.74 Å². The summed E-state index contributed by atoms with van der Waals surface area (Å²) in [6.45, 7) is -0.332. The molecule has 0 radical (unpaired) electrons. The van der Waals surface area contributed by atoms with Crippen molar-refractivity contribution in [1.82, 2.24) is 4.90 Å². The van der Waals surface area contributed by atoms with E-state index < -0.39 is 22.6 Å². The molecular formula is C17H16FN3O5. The number of methoxy groups -OCH3 is 1. The van der Waals surface area contributed by atoms with E-state index in [9.17, 15) is 24.1 Å². The summed E-state index contributed by atoms with van der Waals surface area (Å²) < 4.78 is 18.2. The van der Waals surface area contributed by atoms with Crippen LogP contribution in [0.3, 0.4) is 0 Å². The number of amides is 2. The number of halogens is 1. The fourth-order valence-corrected chi connectivity index (χ4v) is 2.24. The third kappa shape index (κ3) is 4.53. The van der Waals surface area contributed by atoms with Crippen LogP contribution in [0.5, 0.6) is 5.75 Å². The smallest absolute Gasteiger partial charge is 0.270 e. The molecule has 2 aromatic rings. The van der Waals surface area contributed by atoms with Crippen LogP contribution in [0.1, 0.15) is 10.4 Å². The van der Waals surface area contributed by atoms with Crippen molar-refractivity contribution < 1.29 is 23.6 Å². The topological polar surface area (TPSA) is 102 Å². The molecule has 0 bridgehead atoms. The molecule has 2 rings (SSSR count). The number of benzene rings is 2. The molecule has 26 heavy (non-hydrogen) atoms. The maximum absolute atomic E-state index is 13.1. The van der Waals surface area contributed by atoms with Crippen molar-refractivity contribution in [3.05, 3.63) is 64.0 Å². The van der Waals surface area contributed by atoms with Gasteiger partial charge >= 0.3 is 0 Å². The normalized spacial score (nSPS) is 10.1. The van der Waals surface area contributed by atoms with Crippen molar-refractivity contribution in [2.45, 2.75) is 0 Å². The molecular weight excluding hydrogens is 345 g/mol. The van der Waals surface area contributed by atoms with Crippen LogP contribution in [0.4, 0.5) is 15.8 Å². The van der Waals surface area contributed by atoms with Crippen LogP contribution < -0.4 is 10.1 Å². The number of ether oxygens (including phenoxy) is 1. The molecule has 2 amide bonds. The van der Waals surface area contributed by atoms with Crippen LogP contribution in [-0.4, -0.2) is 42.3 Å². The molecule has 0 aliphatic carbocycles. The Kier molecular flexibility index (Phi) is 5.84. The van der Waals surface area contributed by atoms with Gasteiger partial charge in [0, 0.05) is 24.9 Å². The summed E-state index contributed by atoms with van der Waals surface area (Å²) >= 11 is 0. The Morgan fingerprint density at radius 3 is 2.62 bits per heavy atom. The number of anilines is 1. The number of nitrogens with zero attached hydrogens (tertiary/aromatic N) is 2. The lowest BCUT2D eigenvalue weighted by Gasteiger charge is -2.18. The zero-order valence-electron chi connectivity index (χ0n) is 14.1. The predicted octanol–water partition coefficient (Wildman–Crippen LogP) is 2.45. The van der Waals surface area contributed by atoms with Crippen molar-refractivity contribution in [1.29, 1.82) is 0 Å². The third-order valence-corrected chi connectivity index (χ3v) is 3.46. The predicted molar refractivity (Wildman–Crippen MR) is 91.6 cm³/mol. The van der Waals surface area contributed by atoms with Crippen molar-refractivity contribution in [3.8, 4) is 5.75 Å². The summed E-state index contributed by atoms with van der Waals surface area (Å²) in [7, 11) is 2.69. The first-order valence-corrected chi connectivity index (χ1v) is 7.45. The van der Waals surface area contributed by atoms with Crippen molar-refractivity contribution in [3.63, 3.8) is 0 Å². The van der Waals surface area contributed by atoms with Crippen LogP contribution in [0.25, 0.3) is 0 Å². The van der Waals surface area contributed by atoms with E-state index in [0.717, 1.165) is 17.0 Å². The van der Waals surface area contributed by atoms with Crippen molar-refractivity contribution >= 4 is 23.2 Å². The minimum atomic E-state index is -0.632. The summed E-state index contributed by atoms with van der Waals surface area (Å²) in [5.74, 6) is -1.53. The fourth-order valence-electron chi connectivity index (χ4n) is 2.24. The molecule has 0 saturated heterocycles. The summed E-state index contributed by atoms with van der Waals surface area (Å²) in [6.07, 6.45) is 0. The highest BCUT2D eigenvalue weighted by atomic mass is 19.1. The second-order valence-electron chi connectivity index (χ2n) is 5.36. The van der Waals surface area contributed by atoms with Gasteiger partial charge in [-0.25, -0.2) is 4.39 Å². The zero-order chi connectivity index (χ0) is 19.3. The van der Waals surface area contributed by atoms with Crippen LogP contribution in [0, 0.1) is 15.9 Å². The minimum Gasteiger partial charge on any atom is -0.496 e. The van der Waals surface area contributed by atoms with E-state index >= 15 is 0 Å². The molecule has 136 valence electrons. The Morgan fingerprint density at radius 2 is 2.00 bits per heavy atom. The lowest BCUT2D eigenvalue weighted by atomic mass is 10.1. The number of hydrogen-bond acceptors (Lipinski definition) is 5. The highest BCUT2D eigenvalue weighted by molar-refractivity contribution is 6.01. The number of rotatable bonds is 6. The molecule has 9 heteroatoms. The Hall–Kier alpha value is -3.49.